The number of ether oxygens (including phenoxy) is 1. The first kappa shape index (κ1) is 25.2. The van der Waals surface area contributed by atoms with Gasteiger partial charge >= 0.3 is 6.03 Å². The van der Waals surface area contributed by atoms with Gasteiger partial charge in [-0.15, -0.1) is 0 Å². The SMILES string of the molecule is Cc1nc2c(OCc3c(Cl)ccc(NC(=O)N(C)C(=O)C(Cl)(Cl)Cl)c3Cl)cccn2c1Br. The van der Waals surface area contributed by atoms with Crippen LogP contribution in [0.3, 0.4) is 0 Å². The van der Waals surface area contributed by atoms with Gasteiger partial charge in [0.15, 0.2) is 11.4 Å². The molecule has 0 unspecified atom stereocenters. The molecule has 0 atom stereocenters. The fraction of sp³-hybridized carbons (Fsp3) is 0.211. The van der Waals surface area contributed by atoms with Crippen LogP contribution in [0.2, 0.25) is 10.0 Å². The summed E-state index contributed by atoms with van der Waals surface area (Å²) in [6.07, 6.45) is 1.84. The smallest absolute Gasteiger partial charge is 0.328 e. The number of imidazole rings is 1. The Balaban J connectivity index is 1.82. The Kier molecular flexibility index (Phi) is 7.74. The number of imide groups is 1. The van der Waals surface area contributed by atoms with Crippen molar-refractivity contribution in [2.75, 3.05) is 12.4 Å². The molecule has 32 heavy (non-hydrogen) atoms. The zero-order valence-electron chi connectivity index (χ0n) is 16.4. The summed E-state index contributed by atoms with van der Waals surface area (Å²) in [4.78, 5) is 29.5. The third-order valence-electron chi connectivity index (χ3n) is 4.37. The highest BCUT2D eigenvalue weighted by Gasteiger charge is 2.36. The van der Waals surface area contributed by atoms with Gasteiger partial charge in [0.1, 0.15) is 11.2 Å². The van der Waals surface area contributed by atoms with Crippen molar-refractivity contribution in [3.05, 3.63) is 56.4 Å². The lowest BCUT2D eigenvalue weighted by atomic mass is 10.2. The molecule has 2 aromatic heterocycles. The van der Waals surface area contributed by atoms with Gasteiger partial charge in [-0.3, -0.25) is 14.1 Å². The quantitative estimate of drug-likeness (QED) is 0.339. The minimum atomic E-state index is -2.28. The van der Waals surface area contributed by atoms with Crippen LogP contribution >= 0.6 is 73.9 Å². The summed E-state index contributed by atoms with van der Waals surface area (Å²) in [5.74, 6) is -0.515. The zero-order chi connectivity index (χ0) is 23.8. The van der Waals surface area contributed by atoms with E-state index in [2.05, 4.69) is 26.2 Å². The lowest BCUT2D eigenvalue weighted by Crippen LogP contribution is -2.42. The van der Waals surface area contributed by atoms with E-state index >= 15 is 0 Å². The van der Waals surface area contributed by atoms with E-state index in [0.717, 1.165) is 10.3 Å². The van der Waals surface area contributed by atoms with E-state index in [1.54, 1.807) is 6.07 Å². The molecular formula is C19H14BrCl5N4O3. The second-order valence-electron chi connectivity index (χ2n) is 6.52. The number of alkyl halides is 3. The van der Waals surface area contributed by atoms with Crippen LogP contribution in [0.1, 0.15) is 11.3 Å². The molecule has 0 fully saturated rings. The number of aromatic nitrogens is 2. The van der Waals surface area contributed by atoms with Crippen LogP contribution in [0.5, 0.6) is 5.75 Å². The average Bonchev–Trinajstić information content (AvgIpc) is 3.02. The molecule has 170 valence electrons. The number of halogens is 6. The lowest BCUT2D eigenvalue weighted by molar-refractivity contribution is -0.126. The van der Waals surface area contributed by atoms with E-state index in [1.807, 2.05) is 23.6 Å². The maximum atomic E-state index is 12.4. The van der Waals surface area contributed by atoms with Crippen LogP contribution in [0.25, 0.3) is 5.65 Å². The summed E-state index contributed by atoms with van der Waals surface area (Å²) < 4.78 is 6.29. The summed E-state index contributed by atoms with van der Waals surface area (Å²) in [6.45, 7) is 1.86. The van der Waals surface area contributed by atoms with Crippen molar-refractivity contribution in [2.45, 2.75) is 17.3 Å². The van der Waals surface area contributed by atoms with Crippen molar-refractivity contribution >= 4 is 97.2 Å². The third kappa shape index (κ3) is 5.21. The molecule has 0 saturated carbocycles. The molecule has 2 heterocycles. The molecule has 0 bridgehead atoms. The molecule has 13 heteroatoms. The van der Waals surface area contributed by atoms with E-state index in [0.29, 0.717) is 26.9 Å². The summed E-state index contributed by atoms with van der Waals surface area (Å²) in [5.41, 5.74) is 2.03. The van der Waals surface area contributed by atoms with Crippen molar-refractivity contribution in [1.29, 1.82) is 0 Å². The Bertz CT molecular complexity index is 1210. The number of hydrogen-bond donors (Lipinski definition) is 1. The molecule has 1 N–H and O–H groups in total. The predicted octanol–water partition coefficient (Wildman–Crippen LogP) is 6.65. The number of carbonyl (C=O) groups is 2. The number of nitrogens with zero attached hydrogens (tertiary/aromatic N) is 3. The van der Waals surface area contributed by atoms with Crippen molar-refractivity contribution < 1.29 is 14.3 Å². The molecule has 0 radical (unpaired) electrons. The number of nitrogens with one attached hydrogen (secondary N) is 1. The van der Waals surface area contributed by atoms with Gasteiger partial charge < -0.3 is 10.1 Å². The highest BCUT2D eigenvalue weighted by molar-refractivity contribution is 9.10. The fourth-order valence-corrected chi connectivity index (χ4v) is 3.98. The summed E-state index contributed by atoms with van der Waals surface area (Å²) >= 11 is 32.9. The topological polar surface area (TPSA) is 75.9 Å². The second-order valence-corrected chi connectivity index (χ2v) is 10.3. The van der Waals surface area contributed by atoms with Crippen LogP contribution in [-0.4, -0.2) is 37.1 Å². The van der Waals surface area contributed by atoms with Crippen LogP contribution < -0.4 is 10.1 Å². The monoisotopic (exact) mass is 600 g/mol. The Morgan fingerprint density at radius 1 is 1.25 bits per heavy atom. The van der Waals surface area contributed by atoms with Crippen molar-refractivity contribution in [1.82, 2.24) is 14.3 Å². The molecule has 1 aromatic carbocycles. The number of aryl methyl sites for hydroxylation is 1. The first-order valence-corrected chi connectivity index (χ1v) is 11.5. The summed E-state index contributed by atoms with van der Waals surface area (Å²) in [7, 11) is 1.17. The number of pyridine rings is 1. The summed E-state index contributed by atoms with van der Waals surface area (Å²) in [5, 5.41) is 2.95. The third-order valence-corrected chi connectivity index (χ3v) is 6.59. The maximum Gasteiger partial charge on any atom is 0.328 e. The number of hydrogen-bond acceptors (Lipinski definition) is 4. The molecule has 0 saturated heterocycles. The van der Waals surface area contributed by atoms with E-state index in [1.165, 1.54) is 19.2 Å². The van der Waals surface area contributed by atoms with E-state index in [-0.39, 0.29) is 17.3 Å². The van der Waals surface area contributed by atoms with Gasteiger partial charge in [-0.2, -0.15) is 0 Å². The summed E-state index contributed by atoms with van der Waals surface area (Å²) in [6, 6.07) is 5.75. The van der Waals surface area contributed by atoms with Crippen molar-refractivity contribution in [3.63, 3.8) is 0 Å². The van der Waals surface area contributed by atoms with Gasteiger partial charge in [-0.05, 0) is 47.1 Å². The van der Waals surface area contributed by atoms with Crippen LogP contribution in [-0.2, 0) is 11.4 Å². The number of benzene rings is 1. The largest absolute Gasteiger partial charge is 0.485 e. The first-order valence-electron chi connectivity index (χ1n) is 8.80. The Hall–Kier alpha value is -1.42. The Labute approximate surface area is 216 Å². The number of fused-ring (bicyclic) bond motifs is 1. The predicted molar refractivity (Wildman–Crippen MR) is 131 cm³/mol. The molecule has 7 nitrogen and oxygen atoms in total. The van der Waals surface area contributed by atoms with E-state index in [9.17, 15) is 9.59 Å². The molecule has 0 aliphatic heterocycles. The van der Waals surface area contributed by atoms with Gasteiger partial charge in [0, 0.05) is 23.8 Å². The van der Waals surface area contributed by atoms with Crippen LogP contribution in [0.4, 0.5) is 10.5 Å². The van der Waals surface area contributed by atoms with Crippen molar-refractivity contribution in [3.8, 4) is 5.75 Å². The van der Waals surface area contributed by atoms with Gasteiger partial charge in [-0.25, -0.2) is 9.78 Å². The van der Waals surface area contributed by atoms with Crippen LogP contribution in [0.15, 0.2) is 35.1 Å². The molecule has 3 amide bonds. The van der Waals surface area contributed by atoms with Gasteiger partial charge in [-0.1, -0.05) is 58.0 Å². The lowest BCUT2D eigenvalue weighted by Gasteiger charge is -2.21. The van der Waals surface area contributed by atoms with Gasteiger partial charge in [0.25, 0.3) is 9.70 Å². The number of carbonyl (C=O) groups excluding carboxylic acids is 2. The number of anilines is 1. The normalized spacial score (nSPS) is 11.5. The number of urea groups is 1. The maximum absolute atomic E-state index is 12.4. The number of amides is 3. The highest BCUT2D eigenvalue weighted by Crippen LogP contribution is 2.34. The zero-order valence-corrected chi connectivity index (χ0v) is 21.8. The molecule has 0 aliphatic rings. The Morgan fingerprint density at radius 3 is 2.59 bits per heavy atom. The Morgan fingerprint density at radius 2 is 1.94 bits per heavy atom. The highest BCUT2D eigenvalue weighted by atomic mass is 79.9. The molecule has 0 aliphatic carbocycles. The molecule has 3 rings (SSSR count). The minimum Gasteiger partial charge on any atom is -0.485 e. The standard InChI is InChI=1S/C19H14BrCl5N4O3/c1-9-15(20)29-7-3-4-13(16(29)26-9)32-8-10-11(21)5-6-12(14(10)22)27-18(31)28(2)17(30)19(23,24)25/h3-7H,8H2,1-2H3,(H,27,31). The molecule has 0 spiro atoms. The number of rotatable bonds is 4. The van der Waals surface area contributed by atoms with Crippen LogP contribution in [0, 0.1) is 6.92 Å². The van der Waals surface area contributed by atoms with Gasteiger partial charge in [0.2, 0.25) is 0 Å². The minimum absolute atomic E-state index is 0.00645. The first-order chi connectivity index (χ1) is 14.9. The van der Waals surface area contributed by atoms with E-state index in [4.69, 9.17) is 62.7 Å². The molecule has 3 aromatic rings. The van der Waals surface area contributed by atoms with Gasteiger partial charge in [0.05, 0.1) is 16.4 Å². The van der Waals surface area contributed by atoms with E-state index < -0.39 is 15.7 Å². The second kappa shape index (κ2) is 9.83. The van der Waals surface area contributed by atoms with Crippen molar-refractivity contribution in [2.24, 2.45) is 0 Å². The molecular weight excluding hydrogens is 589 g/mol. The fourth-order valence-electron chi connectivity index (χ4n) is 2.70. The average molecular weight is 604 g/mol.